The summed E-state index contributed by atoms with van der Waals surface area (Å²) >= 11 is 0. The molecule has 1 aliphatic rings. The van der Waals surface area contributed by atoms with E-state index < -0.39 is 0 Å². The minimum atomic E-state index is 0.719. The van der Waals surface area contributed by atoms with Crippen LogP contribution in [0, 0.1) is 0 Å². The zero-order valence-electron chi connectivity index (χ0n) is 7.01. The van der Waals surface area contributed by atoms with Crippen LogP contribution in [0.2, 0.25) is 0 Å². The van der Waals surface area contributed by atoms with Crippen LogP contribution in [0.4, 0.5) is 0 Å². The van der Waals surface area contributed by atoms with Gasteiger partial charge in [-0.05, 0) is 7.05 Å². The van der Waals surface area contributed by atoms with Gasteiger partial charge in [0.05, 0.1) is 0 Å². The topological polar surface area (TPSA) is 6.25 Å². The van der Waals surface area contributed by atoms with Crippen LogP contribution in [0.1, 0.15) is 12.8 Å². The summed E-state index contributed by atoms with van der Waals surface area (Å²) in [5, 5.41) is 0. The molecule has 0 bridgehead atoms. The van der Waals surface area contributed by atoms with Crippen LogP contribution >= 0.6 is 0 Å². The van der Waals surface area contributed by atoms with Gasteiger partial charge in [-0.2, -0.15) is 0 Å². The van der Waals surface area contributed by atoms with Crippen molar-refractivity contribution in [2.45, 2.75) is 18.9 Å². The highest BCUT2D eigenvalue weighted by Crippen LogP contribution is 2.09. The van der Waals surface area contributed by atoms with E-state index in [2.05, 4.69) is 30.3 Å². The van der Waals surface area contributed by atoms with E-state index in [-0.39, 0.29) is 0 Å². The lowest BCUT2D eigenvalue weighted by molar-refractivity contribution is -0.534. The fourth-order valence-corrected chi connectivity index (χ4v) is 1.44. The molecule has 0 aromatic carbocycles. The van der Waals surface area contributed by atoms with Crippen molar-refractivity contribution in [3.63, 3.8) is 0 Å². The molecule has 0 N–H and O–H groups in total. The lowest BCUT2D eigenvalue weighted by atomic mass is 10.1. The zero-order valence-corrected chi connectivity index (χ0v) is 7.01. The van der Waals surface area contributed by atoms with Crippen LogP contribution in [0.5, 0.6) is 0 Å². The molecule has 1 heterocycles. The van der Waals surface area contributed by atoms with Crippen molar-refractivity contribution in [1.29, 1.82) is 0 Å². The number of hydrogen-bond donors (Lipinski definition) is 0. The van der Waals surface area contributed by atoms with Gasteiger partial charge in [0.1, 0.15) is 13.8 Å². The smallest absolute Gasteiger partial charge is 0.154 e. The van der Waals surface area contributed by atoms with Crippen molar-refractivity contribution >= 4 is 6.72 Å². The first-order chi connectivity index (χ1) is 4.70. The summed E-state index contributed by atoms with van der Waals surface area (Å²) in [5.74, 6) is 0. The molecule has 0 atom stereocenters. The van der Waals surface area contributed by atoms with E-state index in [1.54, 1.807) is 0 Å². The van der Waals surface area contributed by atoms with E-state index in [1.165, 1.54) is 25.9 Å². The Morgan fingerprint density at radius 2 is 1.90 bits per heavy atom. The molecule has 0 amide bonds. The van der Waals surface area contributed by atoms with Crippen LogP contribution in [0.25, 0.3) is 0 Å². The van der Waals surface area contributed by atoms with Crippen molar-refractivity contribution in [1.82, 2.24) is 4.90 Å². The molecule has 1 rings (SSSR count). The monoisotopic (exact) mass is 141 g/mol. The van der Waals surface area contributed by atoms with Crippen LogP contribution in [-0.4, -0.2) is 49.4 Å². The maximum atomic E-state index is 3.90. The summed E-state index contributed by atoms with van der Waals surface area (Å²) in [7, 11) is 4.25. The van der Waals surface area contributed by atoms with Crippen molar-refractivity contribution in [3.8, 4) is 0 Å². The fraction of sp³-hybridized carbons (Fsp3) is 0.875. The summed E-state index contributed by atoms with van der Waals surface area (Å²) in [4.78, 5) is 2.38. The van der Waals surface area contributed by atoms with Gasteiger partial charge in [-0.3, -0.25) is 0 Å². The van der Waals surface area contributed by atoms with Crippen molar-refractivity contribution < 1.29 is 4.58 Å². The molecule has 1 fully saturated rings. The predicted molar refractivity (Wildman–Crippen MR) is 43.8 cm³/mol. The van der Waals surface area contributed by atoms with Crippen molar-refractivity contribution in [3.05, 3.63) is 0 Å². The highest BCUT2D eigenvalue weighted by Gasteiger charge is 2.21. The van der Waals surface area contributed by atoms with E-state index in [9.17, 15) is 0 Å². The van der Waals surface area contributed by atoms with Gasteiger partial charge in [-0.1, -0.05) is 0 Å². The second-order valence-corrected chi connectivity index (χ2v) is 3.29. The maximum Gasteiger partial charge on any atom is 0.154 e. The quantitative estimate of drug-likeness (QED) is 0.379. The molecule has 10 heavy (non-hydrogen) atoms. The number of rotatable bonds is 1. The highest BCUT2D eigenvalue weighted by atomic mass is 15.1. The third-order valence-corrected chi connectivity index (χ3v) is 2.31. The lowest BCUT2D eigenvalue weighted by Gasteiger charge is -2.25. The average molecular weight is 141 g/mol. The minimum absolute atomic E-state index is 0.719. The number of nitrogens with zero attached hydrogens (tertiary/aromatic N) is 2. The molecule has 0 spiro atoms. The lowest BCUT2D eigenvalue weighted by Crippen LogP contribution is -2.37. The van der Waals surface area contributed by atoms with E-state index in [4.69, 9.17) is 0 Å². The normalized spacial score (nSPS) is 23.0. The van der Waals surface area contributed by atoms with Gasteiger partial charge < -0.3 is 4.90 Å². The SMILES string of the molecule is C=[N+](C)C1CCN(C)CC1. The molecule has 2 nitrogen and oxygen atoms in total. The summed E-state index contributed by atoms with van der Waals surface area (Å²) in [5.41, 5.74) is 0. The fourth-order valence-electron chi connectivity index (χ4n) is 1.44. The zero-order chi connectivity index (χ0) is 7.56. The number of likely N-dealkylation sites (tertiary alicyclic amines) is 1. The molecule has 58 valence electrons. The van der Waals surface area contributed by atoms with Gasteiger partial charge >= 0.3 is 0 Å². The largest absolute Gasteiger partial charge is 0.306 e. The summed E-state index contributed by atoms with van der Waals surface area (Å²) < 4.78 is 2.09. The van der Waals surface area contributed by atoms with Gasteiger partial charge in [0.15, 0.2) is 6.04 Å². The minimum Gasteiger partial charge on any atom is -0.306 e. The standard InChI is InChI=1S/C8H17N2/c1-9(2)8-4-6-10(3)7-5-8/h8H,1,4-7H2,2-3H3/q+1. The van der Waals surface area contributed by atoms with E-state index in [0.717, 1.165) is 6.04 Å². The van der Waals surface area contributed by atoms with Gasteiger partial charge in [0.25, 0.3) is 0 Å². The van der Waals surface area contributed by atoms with Gasteiger partial charge in [0, 0.05) is 25.9 Å². The summed E-state index contributed by atoms with van der Waals surface area (Å²) in [6.07, 6.45) is 2.55. The Labute approximate surface area is 63.2 Å². The molecule has 0 saturated carbocycles. The van der Waals surface area contributed by atoms with Crippen LogP contribution in [0.3, 0.4) is 0 Å². The molecule has 0 aromatic rings. The third kappa shape index (κ3) is 1.81. The highest BCUT2D eigenvalue weighted by molar-refractivity contribution is 5.14. The first-order valence-electron chi connectivity index (χ1n) is 3.92. The molecule has 0 unspecified atom stereocenters. The third-order valence-electron chi connectivity index (χ3n) is 2.31. The number of piperidine rings is 1. The average Bonchev–Trinajstić information content (AvgIpc) is 1.88. The Morgan fingerprint density at radius 3 is 2.30 bits per heavy atom. The predicted octanol–water partition coefficient (Wildman–Crippen LogP) is 0.423. The molecule has 1 saturated heterocycles. The van der Waals surface area contributed by atoms with Crippen LogP contribution in [0.15, 0.2) is 0 Å². The maximum absolute atomic E-state index is 3.90. The number of hydrogen-bond acceptors (Lipinski definition) is 1. The van der Waals surface area contributed by atoms with Crippen molar-refractivity contribution in [2.24, 2.45) is 0 Å². The molecule has 2 heteroatoms. The molecular formula is C8H17N2+. The molecular weight excluding hydrogens is 124 g/mol. The summed E-state index contributed by atoms with van der Waals surface area (Å²) in [6.45, 7) is 6.36. The molecule has 0 aliphatic carbocycles. The second kappa shape index (κ2) is 3.15. The second-order valence-electron chi connectivity index (χ2n) is 3.29. The molecule has 0 aromatic heterocycles. The molecule has 0 radical (unpaired) electrons. The summed E-state index contributed by atoms with van der Waals surface area (Å²) in [6, 6.07) is 0.719. The van der Waals surface area contributed by atoms with Gasteiger partial charge in [0.2, 0.25) is 0 Å². The Hall–Kier alpha value is -0.370. The molecule has 1 aliphatic heterocycles. The Morgan fingerprint density at radius 1 is 1.40 bits per heavy atom. The Kier molecular flexibility index (Phi) is 2.44. The van der Waals surface area contributed by atoms with E-state index in [1.807, 2.05) is 0 Å². The Balaban J connectivity index is 2.33. The van der Waals surface area contributed by atoms with Gasteiger partial charge in [-0.25, -0.2) is 4.58 Å². The first kappa shape index (κ1) is 7.73. The first-order valence-corrected chi connectivity index (χ1v) is 3.92. The Bertz CT molecular complexity index is 123. The van der Waals surface area contributed by atoms with Gasteiger partial charge in [-0.15, -0.1) is 0 Å². The van der Waals surface area contributed by atoms with E-state index >= 15 is 0 Å². The van der Waals surface area contributed by atoms with Crippen LogP contribution in [-0.2, 0) is 0 Å². The van der Waals surface area contributed by atoms with E-state index in [0.29, 0.717) is 0 Å². The van der Waals surface area contributed by atoms with Crippen LogP contribution < -0.4 is 0 Å². The van der Waals surface area contributed by atoms with Crippen molar-refractivity contribution in [2.75, 3.05) is 27.2 Å².